The quantitative estimate of drug-likeness (QED) is 0.746. The molecule has 1 aromatic heterocycles. The molecule has 1 aromatic rings. The maximum atomic E-state index is 5.59. The van der Waals surface area contributed by atoms with Crippen LogP contribution in [0.2, 0.25) is 0 Å². The van der Waals surface area contributed by atoms with Gasteiger partial charge in [-0.1, -0.05) is 0 Å². The zero-order valence-corrected chi connectivity index (χ0v) is 8.16. The molecule has 13 heavy (non-hydrogen) atoms. The van der Waals surface area contributed by atoms with Crippen LogP contribution in [0, 0.1) is 6.92 Å². The summed E-state index contributed by atoms with van der Waals surface area (Å²) in [5, 5.41) is 0. The van der Waals surface area contributed by atoms with Crippen LogP contribution in [0.15, 0.2) is 6.33 Å². The number of nitrogens with zero attached hydrogens (tertiary/aromatic N) is 2. The molecule has 1 unspecified atom stereocenters. The van der Waals surface area contributed by atoms with Crippen LogP contribution in [-0.4, -0.2) is 16.1 Å². The van der Waals surface area contributed by atoms with Gasteiger partial charge in [-0.25, -0.2) is 4.98 Å². The second kappa shape index (κ2) is 3.50. The maximum Gasteiger partial charge on any atom is 0.0954 e. The largest absolute Gasteiger partial charge is 0.331 e. The van der Waals surface area contributed by atoms with Gasteiger partial charge in [-0.15, -0.1) is 0 Å². The van der Waals surface area contributed by atoms with Crippen molar-refractivity contribution in [2.75, 3.05) is 6.54 Å². The van der Waals surface area contributed by atoms with E-state index in [0.29, 0.717) is 6.04 Å². The van der Waals surface area contributed by atoms with Crippen molar-refractivity contribution < 1.29 is 0 Å². The lowest BCUT2D eigenvalue weighted by molar-refractivity contribution is 0.382. The van der Waals surface area contributed by atoms with Crippen molar-refractivity contribution in [1.82, 2.24) is 9.55 Å². The molecular weight excluding hydrogens is 162 g/mol. The smallest absolute Gasteiger partial charge is 0.0954 e. The summed E-state index contributed by atoms with van der Waals surface area (Å²) < 4.78 is 2.33. The number of hydrogen-bond donors (Lipinski definition) is 1. The lowest BCUT2D eigenvalue weighted by Crippen LogP contribution is -2.20. The van der Waals surface area contributed by atoms with Crippen molar-refractivity contribution in [2.45, 2.75) is 38.6 Å². The van der Waals surface area contributed by atoms with Gasteiger partial charge in [0.25, 0.3) is 0 Å². The average molecular weight is 179 g/mol. The average Bonchev–Trinajstić information content (AvgIpc) is 2.50. The molecule has 2 heterocycles. The third-order valence-electron chi connectivity index (χ3n) is 2.95. The minimum Gasteiger partial charge on any atom is -0.331 e. The Balaban J connectivity index is 2.27. The van der Waals surface area contributed by atoms with Crippen molar-refractivity contribution in [1.29, 1.82) is 0 Å². The molecule has 0 aromatic carbocycles. The second-order valence-corrected chi connectivity index (χ2v) is 3.81. The van der Waals surface area contributed by atoms with Crippen molar-refractivity contribution in [2.24, 2.45) is 5.73 Å². The van der Waals surface area contributed by atoms with E-state index in [-0.39, 0.29) is 0 Å². The molecule has 0 fully saturated rings. The van der Waals surface area contributed by atoms with Gasteiger partial charge < -0.3 is 10.3 Å². The molecule has 0 radical (unpaired) electrons. The lowest BCUT2D eigenvalue weighted by Gasteiger charge is -2.25. The van der Waals surface area contributed by atoms with Crippen LogP contribution in [0.3, 0.4) is 0 Å². The SMILES string of the molecule is Cc1ncn2c1CCCC2CCN. The van der Waals surface area contributed by atoms with E-state index in [4.69, 9.17) is 5.73 Å². The molecule has 3 nitrogen and oxygen atoms in total. The number of fused-ring (bicyclic) bond motifs is 1. The van der Waals surface area contributed by atoms with Gasteiger partial charge in [-0.05, 0) is 39.2 Å². The minimum atomic E-state index is 0.606. The molecule has 0 saturated heterocycles. The van der Waals surface area contributed by atoms with Gasteiger partial charge >= 0.3 is 0 Å². The van der Waals surface area contributed by atoms with Crippen LogP contribution in [0.4, 0.5) is 0 Å². The molecule has 2 N–H and O–H groups in total. The van der Waals surface area contributed by atoms with Crippen molar-refractivity contribution in [3.63, 3.8) is 0 Å². The Morgan fingerprint density at radius 2 is 2.54 bits per heavy atom. The van der Waals surface area contributed by atoms with E-state index in [1.165, 1.54) is 30.7 Å². The number of rotatable bonds is 2. The first-order chi connectivity index (χ1) is 6.33. The summed E-state index contributed by atoms with van der Waals surface area (Å²) in [6.45, 7) is 2.87. The van der Waals surface area contributed by atoms with Crippen LogP contribution in [0.1, 0.15) is 36.7 Å². The lowest BCUT2D eigenvalue weighted by atomic mass is 9.99. The zero-order valence-electron chi connectivity index (χ0n) is 8.16. The summed E-state index contributed by atoms with van der Waals surface area (Å²) in [6.07, 6.45) is 6.80. The van der Waals surface area contributed by atoms with E-state index in [0.717, 1.165) is 13.0 Å². The molecule has 3 heteroatoms. The summed E-state index contributed by atoms with van der Waals surface area (Å²) in [7, 11) is 0. The molecule has 72 valence electrons. The van der Waals surface area contributed by atoms with E-state index in [1.54, 1.807) is 0 Å². The van der Waals surface area contributed by atoms with Gasteiger partial charge in [0.2, 0.25) is 0 Å². The summed E-state index contributed by atoms with van der Waals surface area (Å²) >= 11 is 0. The van der Waals surface area contributed by atoms with Crippen molar-refractivity contribution in [3.05, 3.63) is 17.7 Å². The van der Waals surface area contributed by atoms with E-state index >= 15 is 0 Å². The Morgan fingerprint density at radius 3 is 3.31 bits per heavy atom. The second-order valence-electron chi connectivity index (χ2n) is 3.81. The number of hydrogen-bond acceptors (Lipinski definition) is 2. The van der Waals surface area contributed by atoms with E-state index in [9.17, 15) is 0 Å². The van der Waals surface area contributed by atoms with E-state index in [2.05, 4.69) is 16.5 Å². The van der Waals surface area contributed by atoms with Gasteiger partial charge in [-0.3, -0.25) is 0 Å². The molecule has 0 bridgehead atoms. The monoisotopic (exact) mass is 179 g/mol. The molecular formula is C10H17N3. The fourth-order valence-electron chi connectivity index (χ4n) is 2.22. The Bertz CT molecular complexity index is 290. The zero-order chi connectivity index (χ0) is 9.26. The molecule has 0 saturated carbocycles. The molecule has 0 spiro atoms. The Kier molecular flexibility index (Phi) is 2.36. The van der Waals surface area contributed by atoms with Crippen molar-refractivity contribution in [3.8, 4) is 0 Å². The summed E-state index contributed by atoms with van der Waals surface area (Å²) in [5.41, 5.74) is 8.21. The number of aryl methyl sites for hydroxylation is 1. The highest BCUT2D eigenvalue weighted by Gasteiger charge is 2.20. The van der Waals surface area contributed by atoms with Crippen LogP contribution in [-0.2, 0) is 6.42 Å². The third-order valence-corrected chi connectivity index (χ3v) is 2.95. The normalized spacial score (nSPS) is 21.5. The Labute approximate surface area is 79.0 Å². The van der Waals surface area contributed by atoms with Gasteiger partial charge in [0.1, 0.15) is 0 Å². The first-order valence-corrected chi connectivity index (χ1v) is 5.05. The minimum absolute atomic E-state index is 0.606. The summed E-state index contributed by atoms with van der Waals surface area (Å²) in [4.78, 5) is 4.35. The molecule has 2 rings (SSSR count). The molecule has 0 aliphatic carbocycles. The highest BCUT2D eigenvalue weighted by atomic mass is 15.1. The highest BCUT2D eigenvalue weighted by molar-refractivity contribution is 5.14. The van der Waals surface area contributed by atoms with Gasteiger partial charge in [0.05, 0.1) is 12.0 Å². The molecule has 1 atom stereocenters. The van der Waals surface area contributed by atoms with Crippen LogP contribution in [0.25, 0.3) is 0 Å². The van der Waals surface area contributed by atoms with Crippen LogP contribution in [0.5, 0.6) is 0 Å². The van der Waals surface area contributed by atoms with Crippen LogP contribution < -0.4 is 5.73 Å². The van der Waals surface area contributed by atoms with Gasteiger partial charge in [0.15, 0.2) is 0 Å². The fourth-order valence-corrected chi connectivity index (χ4v) is 2.22. The highest BCUT2D eigenvalue weighted by Crippen LogP contribution is 2.28. The molecule has 0 amide bonds. The summed E-state index contributed by atoms with van der Waals surface area (Å²) in [6, 6.07) is 0.606. The number of aromatic nitrogens is 2. The first-order valence-electron chi connectivity index (χ1n) is 5.05. The van der Waals surface area contributed by atoms with Crippen LogP contribution >= 0.6 is 0 Å². The number of imidazole rings is 1. The predicted octanol–water partition coefficient (Wildman–Crippen LogP) is 1.42. The first kappa shape index (κ1) is 8.75. The van der Waals surface area contributed by atoms with Gasteiger partial charge in [0, 0.05) is 11.7 Å². The maximum absolute atomic E-state index is 5.59. The van der Waals surface area contributed by atoms with Gasteiger partial charge in [-0.2, -0.15) is 0 Å². The molecule has 1 aliphatic rings. The van der Waals surface area contributed by atoms with E-state index < -0.39 is 0 Å². The Morgan fingerprint density at radius 1 is 1.69 bits per heavy atom. The summed E-state index contributed by atoms with van der Waals surface area (Å²) in [5.74, 6) is 0. The van der Waals surface area contributed by atoms with Crippen molar-refractivity contribution >= 4 is 0 Å². The number of nitrogens with two attached hydrogens (primary N) is 1. The van der Waals surface area contributed by atoms with E-state index in [1.807, 2.05) is 6.33 Å². The molecule has 1 aliphatic heterocycles. The topological polar surface area (TPSA) is 43.8 Å². The Hall–Kier alpha value is -0.830. The third kappa shape index (κ3) is 1.48. The standard InChI is InChI=1S/C10H17N3/c1-8-10-4-2-3-9(5-6-11)13(10)7-12-8/h7,9H,2-6,11H2,1H3. The predicted molar refractivity (Wildman–Crippen MR) is 52.6 cm³/mol. The fraction of sp³-hybridized carbons (Fsp3) is 0.700.